The smallest absolute Gasteiger partial charge is 0.264 e. The van der Waals surface area contributed by atoms with Gasteiger partial charge in [0.25, 0.3) is 5.91 Å². The Morgan fingerprint density at radius 2 is 1.93 bits per heavy atom. The minimum atomic E-state index is -0.543. The number of carbonyl (C=O) groups excluding carboxylic acids is 2. The molecule has 1 saturated heterocycles. The van der Waals surface area contributed by atoms with Crippen LogP contribution in [0.15, 0.2) is 59.1 Å². The van der Waals surface area contributed by atoms with Crippen LogP contribution in [0.3, 0.4) is 0 Å². The number of thioether (sulfide) groups is 1. The fourth-order valence-corrected chi connectivity index (χ4v) is 4.28. The van der Waals surface area contributed by atoms with Crippen LogP contribution in [0.1, 0.15) is 11.1 Å². The average molecular weight is 395 g/mol. The van der Waals surface area contributed by atoms with Gasteiger partial charge in [-0.25, -0.2) is 4.39 Å². The summed E-state index contributed by atoms with van der Waals surface area (Å²) in [5.74, 6) is -1.10. The molecule has 1 aliphatic heterocycles. The molecule has 142 valence electrons. The quantitative estimate of drug-likeness (QED) is 0.637. The van der Waals surface area contributed by atoms with E-state index in [4.69, 9.17) is 0 Å². The Morgan fingerprint density at radius 1 is 1.25 bits per heavy atom. The van der Waals surface area contributed by atoms with E-state index in [0.717, 1.165) is 11.1 Å². The van der Waals surface area contributed by atoms with E-state index in [-0.39, 0.29) is 17.3 Å². The summed E-state index contributed by atoms with van der Waals surface area (Å²) in [5.41, 5.74) is 2.18. The first kappa shape index (κ1) is 19.6. The molecule has 0 saturated carbocycles. The second-order valence-electron chi connectivity index (χ2n) is 6.27. The van der Waals surface area contributed by atoms with E-state index < -0.39 is 11.2 Å². The number of hydrogen-bond acceptors (Lipinski definition) is 4. The van der Waals surface area contributed by atoms with Crippen molar-refractivity contribution in [2.75, 3.05) is 11.9 Å². The van der Waals surface area contributed by atoms with Crippen molar-refractivity contribution in [1.29, 1.82) is 5.26 Å². The van der Waals surface area contributed by atoms with Gasteiger partial charge in [-0.15, -0.1) is 0 Å². The van der Waals surface area contributed by atoms with E-state index in [2.05, 4.69) is 5.32 Å². The van der Waals surface area contributed by atoms with Crippen LogP contribution in [0.2, 0.25) is 0 Å². The molecule has 0 aromatic heterocycles. The van der Waals surface area contributed by atoms with Crippen molar-refractivity contribution in [3.63, 3.8) is 0 Å². The Kier molecular flexibility index (Phi) is 5.81. The lowest BCUT2D eigenvalue weighted by Crippen LogP contribution is -2.31. The molecule has 2 aromatic rings. The van der Waals surface area contributed by atoms with Gasteiger partial charge in [0.05, 0.1) is 10.9 Å². The van der Waals surface area contributed by atoms with Crippen LogP contribution in [0.4, 0.5) is 10.1 Å². The number of nitriles is 1. The maximum atomic E-state index is 13.2. The maximum Gasteiger partial charge on any atom is 0.264 e. The summed E-state index contributed by atoms with van der Waals surface area (Å²) in [7, 11) is 1.44. The lowest BCUT2D eigenvalue weighted by molar-refractivity contribution is -0.117. The molecule has 0 unspecified atom stereocenters. The average Bonchev–Trinajstić information content (AvgIpc) is 3.00. The number of para-hydroxylation sites is 1. The summed E-state index contributed by atoms with van der Waals surface area (Å²) in [5, 5.41) is 11.8. The van der Waals surface area contributed by atoms with Gasteiger partial charge >= 0.3 is 0 Å². The molecular formula is C21H18FN3O2S. The Labute approximate surface area is 166 Å². The number of benzene rings is 2. The summed E-state index contributed by atoms with van der Waals surface area (Å²) in [6, 6.07) is 15.2. The van der Waals surface area contributed by atoms with Crippen LogP contribution in [0.5, 0.6) is 0 Å². The zero-order chi connectivity index (χ0) is 20.3. The van der Waals surface area contributed by atoms with Gasteiger partial charge in [0.2, 0.25) is 5.91 Å². The molecule has 0 bridgehead atoms. The SMILES string of the molecule is CNC(=O)/C(C#N)=C1\S[C@@H](Cc2ccc(F)cc2)C(=O)N1c1ccccc1C. The summed E-state index contributed by atoms with van der Waals surface area (Å²) in [6.07, 6.45) is 0.363. The highest BCUT2D eigenvalue weighted by molar-refractivity contribution is 8.05. The zero-order valence-corrected chi connectivity index (χ0v) is 16.2. The van der Waals surface area contributed by atoms with Crippen LogP contribution < -0.4 is 10.2 Å². The van der Waals surface area contributed by atoms with Gasteiger partial charge in [-0.05, 0) is 42.7 Å². The van der Waals surface area contributed by atoms with Gasteiger partial charge < -0.3 is 5.32 Å². The largest absolute Gasteiger partial charge is 0.354 e. The molecule has 1 aliphatic rings. The number of carbonyl (C=O) groups is 2. The standard InChI is InChI=1S/C21H18FN3O2S/c1-13-5-3-4-6-17(13)25-20(27)18(11-14-7-9-15(22)10-8-14)28-21(25)16(12-23)19(26)24-2/h3-10,18H,11H2,1-2H3,(H,24,26)/b21-16-/t18-/m0/s1. The normalized spacial score (nSPS) is 18.0. The fraction of sp³-hybridized carbons (Fsp3) is 0.190. The van der Waals surface area contributed by atoms with E-state index in [1.165, 1.54) is 35.8 Å². The third kappa shape index (κ3) is 3.78. The van der Waals surface area contributed by atoms with E-state index in [1.54, 1.807) is 24.3 Å². The van der Waals surface area contributed by atoms with Gasteiger partial charge in [0.1, 0.15) is 22.5 Å². The van der Waals surface area contributed by atoms with Crippen LogP contribution in [-0.4, -0.2) is 24.1 Å². The Hall–Kier alpha value is -3.11. The monoisotopic (exact) mass is 395 g/mol. The molecule has 2 aromatic carbocycles. The summed E-state index contributed by atoms with van der Waals surface area (Å²) >= 11 is 1.18. The Morgan fingerprint density at radius 3 is 2.54 bits per heavy atom. The van der Waals surface area contributed by atoms with E-state index >= 15 is 0 Å². The topological polar surface area (TPSA) is 73.2 Å². The number of nitrogens with one attached hydrogen (secondary N) is 1. The van der Waals surface area contributed by atoms with Crippen molar-refractivity contribution in [2.24, 2.45) is 0 Å². The molecule has 3 rings (SSSR count). The second kappa shape index (κ2) is 8.28. The van der Waals surface area contributed by atoms with Crippen molar-refractivity contribution in [1.82, 2.24) is 5.32 Å². The van der Waals surface area contributed by atoms with Crippen molar-refractivity contribution in [3.8, 4) is 6.07 Å². The molecule has 1 atom stereocenters. The van der Waals surface area contributed by atoms with Gasteiger partial charge in [-0.3, -0.25) is 14.5 Å². The van der Waals surface area contributed by atoms with Gasteiger partial charge in [0, 0.05) is 7.05 Å². The first-order chi connectivity index (χ1) is 13.5. The highest BCUT2D eigenvalue weighted by Gasteiger charge is 2.41. The highest BCUT2D eigenvalue weighted by atomic mass is 32.2. The molecule has 1 heterocycles. The third-order valence-corrected chi connectivity index (χ3v) is 5.69. The number of anilines is 1. The van der Waals surface area contributed by atoms with Crippen molar-refractivity contribution in [3.05, 3.63) is 76.1 Å². The van der Waals surface area contributed by atoms with Gasteiger partial charge in [-0.1, -0.05) is 42.1 Å². The molecule has 0 aliphatic carbocycles. The van der Waals surface area contributed by atoms with E-state index in [1.807, 2.05) is 25.1 Å². The molecule has 7 heteroatoms. The number of aryl methyl sites for hydroxylation is 1. The predicted molar refractivity (Wildman–Crippen MR) is 107 cm³/mol. The summed E-state index contributed by atoms with van der Waals surface area (Å²) < 4.78 is 13.2. The molecule has 0 radical (unpaired) electrons. The Bertz CT molecular complexity index is 995. The van der Waals surface area contributed by atoms with Crippen LogP contribution in [0.25, 0.3) is 0 Å². The number of likely N-dealkylation sites (N-methyl/N-ethyl adjacent to an activating group) is 1. The molecule has 1 fully saturated rings. The van der Waals surface area contributed by atoms with Gasteiger partial charge in [0.15, 0.2) is 0 Å². The third-order valence-electron chi connectivity index (χ3n) is 4.42. The van der Waals surface area contributed by atoms with Crippen molar-refractivity contribution in [2.45, 2.75) is 18.6 Å². The Balaban J connectivity index is 2.06. The number of rotatable bonds is 4. The zero-order valence-electron chi connectivity index (χ0n) is 15.4. The maximum absolute atomic E-state index is 13.2. The molecule has 1 N–H and O–H groups in total. The van der Waals surface area contributed by atoms with Crippen LogP contribution >= 0.6 is 11.8 Å². The lowest BCUT2D eigenvalue weighted by atomic mass is 10.1. The minimum Gasteiger partial charge on any atom is -0.354 e. The molecule has 5 nitrogen and oxygen atoms in total. The summed E-state index contributed by atoms with van der Waals surface area (Å²) in [4.78, 5) is 26.9. The highest BCUT2D eigenvalue weighted by Crippen LogP contribution is 2.42. The fourth-order valence-electron chi connectivity index (χ4n) is 2.98. The second-order valence-corrected chi connectivity index (χ2v) is 7.46. The molecule has 28 heavy (non-hydrogen) atoms. The first-order valence-corrected chi connectivity index (χ1v) is 9.51. The van der Waals surface area contributed by atoms with Gasteiger partial charge in [-0.2, -0.15) is 5.26 Å². The number of nitrogens with zero attached hydrogens (tertiary/aromatic N) is 2. The number of hydrogen-bond donors (Lipinski definition) is 1. The first-order valence-electron chi connectivity index (χ1n) is 8.63. The van der Waals surface area contributed by atoms with E-state index in [9.17, 15) is 19.2 Å². The van der Waals surface area contributed by atoms with Crippen molar-refractivity contribution < 1.29 is 14.0 Å². The molecular weight excluding hydrogens is 377 g/mol. The van der Waals surface area contributed by atoms with Crippen molar-refractivity contribution >= 4 is 29.3 Å². The predicted octanol–water partition coefficient (Wildman–Crippen LogP) is 3.31. The molecule has 2 amide bonds. The number of amides is 2. The number of halogens is 1. The van der Waals surface area contributed by atoms with Crippen LogP contribution in [0, 0.1) is 24.1 Å². The lowest BCUT2D eigenvalue weighted by Gasteiger charge is -2.20. The van der Waals surface area contributed by atoms with Crippen LogP contribution in [-0.2, 0) is 16.0 Å². The minimum absolute atomic E-state index is 0.106. The molecule has 0 spiro atoms. The van der Waals surface area contributed by atoms with E-state index in [0.29, 0.717) is 17.1 Å². The summed E-state index contributed by atoms with van der Waals surface area (Å²) in [6.45, 7) is 1.87.